The third-order valence-electron chi connectivity index (χ3n) is 4.75. The molecule has 0 saturated heterocycles. The summed E-state index contributed by atoms with van der Waals surface area (Å²) in [5, 5.41) is 21.5. The zero-order valence-corrected chi connectivity index (χ0v) is 13.9. The van der Waals surface area contributed by atoms with Gasteiger partial charge in [-0.2, -0.15) is 17.7 Å². The molecule has 0 amide bonds. The minimum Gasteiger partial charge on any atom is -0.388 e. The van der Waals surface area contributed by atoms with E-state index in [1.165, 1.54) is 0 Å². The summed E-state index contributed by atoms with van der Waals surface area (Å²) in [5.74, 6) is -0.750. The Labute approximate surface area is 137 Å². The smallest absolute Gasteiger partial charge is 0.388 e. The molecule has 0 spiro atoms. The van der Waals surface area contributed by atoms with Gasteiger partial charge >= 0.3 is 6.18 Å². The normalized spacial score (nSPS) is 17.6. The fraction of sp³-hybridized carbons (Fsp3) is 0.667. The molecular formula is C15H20F3N5O. The van der Waals surface area contributed by atoms with E-state index in [1.807, 2.05) is 0 Å². The van der Waals surface area contributed by atoms with Crippen molar-refractivity contribution < 1.29 is 18.3 Å². The first kappa shape index (κ1) is 16.9. The van der Waals surface area contributed by atoms with E-state index in [-0.39, 0.29) is 5.65 Å². The minimum absolute atomic E-state index is 0.0940. The third-order valence-corrected chi connectivity index (χ3v) is 4.75. The number of aliphatic hydroxyl groups is 1. The van der Waals surface area contributed by atoms with Crippen molar-refractivity contribution in [1.82, 2.24) is 19.8 Å². The van der Waals surface area contributed by atoms with Gasteiger partial charge in [-0.05, 0) is 26.7 Å². The van der Waals surface area contributed by atoms with Crippen molar-refractivity contribution in [1.29, 1.82) is 0 Å². The molecule has 1 saturated carbocycles. The first-order valence-corrected chi connectivity index (χ1v) is 7.86. The van der Waals surface area contributed by atoms with Crippen LogP contribution >= 0.6 is 0 Å². The number of halogens is 3. The summed E-state index contributed by atoms with van der Waals surface area (Å²) < 4.78 is 40.0. The number of aryl methyl sites for hydroxylation is 1. The van der Waals surface area contributed by atoms with Crippen LogP contribution in [0.4, 0.5) is 19.0 Å². The van der Waals surface area contributed by atoms with Crippen LogP contribution in [0.15, 0.2) is 0 Å². The van der Waals surface area contributed by atoms with Gasteiger partial charge in [0.05, 0.1) is 5.60 Å². The number of aromatic nitrogens is 4. The van der Waals surface area contributed by atoms with Crippen molar-refractivity contribution in [2.24, 2.45) is 0 Å². The fourth-order valence-electron chi connectivity index (χ4n) is 3.36. The second-order valence-corrected chi connectivity index (χ2v) is 6.62. The molecule has 1 aliphatic rings. The van der Waals surface area contributed by atoms with Crippen LogP contribution in [0.25, 0.3) is 5.65 Å². The third kappa shape index (κ3) is 2.81. The van der Waals surface area contributed by atoms with E-state index in [1.54, 1.807) is 25.8 Å². The molecule has 132 valence electrons. The summed E-state index contributed by atoms with van der Waals surface area (Å²) in [4.78, 5) is 1.72. The highest BCUT2D eigenvalue weighted by atomic mass is 19.4. The monoisotopic (exact) mass is 343 g/mol. The van der Waals surface area contributed by atoms with E-state index in [4.69, 9.17) is 0 Å². The number of anilines is 1. The molecule has 2 heterocycles. The van der Waals surface area contributed by atoms with Crippen molar-refractivity contribution in [3.05, 3.63) is 17.0 Å². The molecule has 0 atom stereocenters. The topological polar surface area (TPSA) is 66.5 Å². The van der Waals surface area contributed by atoms with Crippen molar-refractivity contribution in [2.75, 3.05) is 18.5 Å². The van der Waals surface area contributed by atoms with E-state index in [0.29, 0.717) is 30.8 Å². The van der Waals surface area contributed by atoms with E-state index < -0.39 is 17.6 Å². The van der Waals surface area contributed by atoms with Gasteiger partial charge in [0.2, 0.25) is 0 Å². The van der Waals surface area contributed by atoms with Gasteiger partial charge in [0.25, 0.3) is 5.82 Å². The molecule has 6 nitrogen and oxygen atoms in total. The summed E-state index contributed by atoms with van der Waals surface area (Å²) in [6, 6.07) is 0. The largest absolute Gasteiger partial charge is 0.453 e. The van der Waals surface area contributed by atoms with Gasteiger partial charge in [0.15, 0.2) is 11.5 Å². The van der Waals surface area contributed by atoms with Crippen LogP contribution in [0.3, 0.4) is 0 Å². The van der Waals surface area contributed by atoms with Crippen LogP contribution in [0, 0.1) is 13.8 Å². The molecule has 0 aromatic carbocycles. The van der Waals surface area contributed by atoms with Crippen molar-refractivity contribution >= 4 is 11.5 Å². The molecule has 3 rings (SSSR count). The van der Waals surface area contributed by atoms with Gasteiger partial charge in [0.1, 0.15) is 0 Å². The number of alkyl halides is 3. The van der Waals surface area contributed by atoms with E-state index >= 15 is 0 Å². The lowest BCUT2D eigenvalue weighted by atomic mass is 10.0. The lowest BCUT2D eigenvalue weighted by Crippen LogP contribution is -2.40. The molecule has 24 heavy (non-hydrogen) atoms. The van der Waals surface area contributed by atoms with Gasteiger partial charge in [-0.25, -0.2) is 0 Å². The molecule has 1 N–H and O–H groups in total. The molecule has 2 aromatic rings. The molecule has 0 bridgehead atoms. The maximum Gasteiger partial charge on any atom is 0.453 e. The minimum atomic E-state index is -4.63. The van der Waals surface area contributed by atoms with E-state index in [9.17, 15) is 18.3 Å². The summed E-state index contributed by atoms with van der Waals surface area (Å²) in [6.07, 6.45) is -1.33. The van der Waals surface area contributed by atoms with Crippen molar-refractivity contribution in [2.45, 2.75) is 51.3 Å². The predicted octanol–water partition coefficient (Wildman–Crippen LogP) is 2.50. The van der Waals surface area contributed by atoms with Gasteiger partial charge < -0.3 is 10.0 Å². The Hall–Kier alpha value is -1.90. The molecule has 0 unspecified atom stereocenters. The Bertz CT molecular complexity index is 765. The Morgan fingerprint density at radius 1 is 1.17 bits per heavy atom. The van der Waals surface area contributed by atoms with Gasteiger partial charge in [-0.3, -0.25) is 0 Å². The van der Waals surface area contributed by atoms with E-state index in [0.717, 1.165) is 22.9 Å². The predicted molar refractivity (Wildman–Crippen MR) is 81.9 cm³/mol. The summed E-state index contributed by atoms with van der Waals surface area (Å²) >= 11 is 0. The second-order valence-electron chi connectivity index (χ2n) is 6.62. The maximum absolute atomic E-state index is 13.1. The zero-order valence-electron chi connectivity index (χ0n) is 13.9. The lowest BCUT2D eigenvalue weighted by molar-refractivity contribution is -0.146. The Morgan fingerprint density at radius 3 is 2.38 bits per heavy atom. The number of nitrogens with zero attached hydrogens (tertiary/aromatic N) is 5. The molecule has 9 heteroatoms. The average Bonchev–Trinajstić information content (AvgIpc) is 3.08. The molecule has 0 aliphatic heterocycles. The fourth-order valence-corrected chi connectivity index (χ4v) is 3.36. The Kier molecular flexibility index (Phi) is 3.94. The van der Waals surface area contributed by atoms with Crippen LogP contribution in [0.1, 0.15) is 42.6 Å². The SMILES string of the molecule is Cc1c(N(C)CC2(O)CCCC2)nn2c(C(F)(F)F)nnc2c1C. The summed E-state index contributed by atoms with van der Waals surface area (Å²) in [6.45, 7) is 3.81. The number of hydrogen-bond donors (Lipinski definition) is 1. The van der Waals surface area contributed by atoms with Gasteiger partial charge in [-0.15, -0.1) is 15.3 Å². The van der Waals surface area contributed by atoms with Gasteiger partial charge in [0, 0.05) is 24.7 Å². The van der Waals surface area contributed by atoms with E-state index in [2.05, 4.69) is 15.3 Å². The number of hydrogen-bond acceptors (Lipinski definition) is 5. The number of rotatable bonds is 3. The standard InChI is InChI=1S/C15H20F3N5O/c1-9-10(2)12(22(3)8-14(24)6-4-5-7-14)21-23-11(9)19-20-13(23)15(16,17)18/h24H,4-8H2,1-3H3. The zero-order chi connectivity index (χ0) is 17.7. The van der Waals surface area contributed by atoms with Crippen LogP contribution in [0.5, 0.6) is 0 Å². The van der Waals surface area contributed by atoms with Crippen molar-refractivity contribution in [3.8, 4) is 0 Å². The van der Waals surface area contributed by atoms with Crippen molar-refractivity contribution in [3.63, 3.8) is 0 Å². The second kappa shape index (κ2) is 5.58. The average molecular weight is 343 g/mol. The molecule has 0 radical (unpaired) electrons. The number of fused-ring (bicyclic) bond motifs is 1. The highest BCUT2D eigenvalue weighted by Gasteiger charge is 2.39. The van der Waals surface area contributed by atoms with Crippen LogP contribution in [-0.2, 0) is 6.18 Å². The maximum atomic E-state index is 13.1. The first-order valence-electron chi connectivity index (χ1n) is 7.86. The summed E-state index contributed by atoms with van der Waals surface area (Å²) in [5.41, 5.74) is 0.601. The van der Waals surface area contributed by atoms with Crippen LogP contribution < -0.4 is 4.90 Å². The number of likely N-dealkylation sites (N-methyl/N-ethyl adjacent to an activating group) is 1. The van der Waals surface area contributed by atoms with Crippen LogP contribution in [-0.4, -0.2) is 44.1 Å². The molecular weight excluding hydrogens is 323 g/mol. The molecule has 1 fully saturated rings. The molecule has 2 aromatic heterocycles. The Morgan fingerprint density at radius 2 is 1.79 bits per heavy atom. The Balaban J connectivity index is 2.05. The lowest BCUT2D eigenvalue weighted by Gasteiger charge is -2.30. The quantitative estimate of drug-likeness (QED) is 0.927. The van der Waals surface area contributed by atoms with Crippen LogP contribution in [0.2, 0.25) is 0 Å². The summed E-state index contributed by atoms with van der Waals surface area (Å²) in [7, 11) is 1.73. The molecule has 1 aliphatic carbocycles. The highest BCUT2D eigenvalue weighted by Crippen LogP contribution is 2.33. The highest BCUT2D eigenvalue weighted by molar-refractivity contribution is 5.59. The first-order chi connectivity index (χ1) is 11.1. The van der Waals surface area contributed by atoms with Gasteiger partial charge in [-0.1, -0.05) is 12.8 Å².